The number of aryl methyl sites for hydroxylation is 1. The van der Waals surface area contributed by atoms with Crippen molar-refractivity contribution in [3.63, 3.8) is 0 Å². The van der Waals surface area contributed by atoms with Crippen LogP contribution in [0.4, 0.5) is 6.01 Å². The zero-order valence-electron chi connectivity index (χ0n) is 15.4. The van der Waals surface area contributed by atoms with Crippen molar-refractivity contribution >= 4 is 34.6 Å². The Morgan fingerprint density at radius 1 is 1.37 bits per heavy atom. The first-order chi connectivity index (χ1) is 13.0. The molecular formula is C19H22ClN5O2. The van der Waals surface area contributed by atoms with Crippen molar-refractivity contribution in [1.29, 1.82) is 0 Å². The molecule has 1 aliphatic heterocycles. The number of carbonyl (C=O) groups is 1. The first-order valence-corrected chi connectivity index (χ1v) is 9.42. The van der Waals surface area contributed by atoms with Gasteiger partial charge in [0.2, 0.25) is 0 Å². The number of hydrogen-bond acceptors (Lipinski definition) is 5. The second kappa shape index (κ2) is 7.23. The Hall–Kier alpha value is -2.54. The molecule has 0 saturated carbocycles. The van der Waals surface area contributed by atoms with E-state index in [4.69, 9.17) is 16.0 Å². The Morgan fingerprint density at radius 2 is 2.15 bits per heavy atom. The summed E-state index contributed by atoms with van der Waals surface area (Å²) < 4.78 is 7.51. The van der Waals surface area contributed by atoms with Crippen molar-refractivity contribution in [1.82, 2.24) is 19.7 Å². The van der Waals surface area contributed by atoms with Crippen LogP contribution in [0, 0.1) is 5.92 Å². The summed E-state index contributed by atoms with van der Waals surface area (Å²) >= 11 is 6.01. The summed E-state index contributed by atoms with van der Waals surface area (Å²) in [5, 5.41) is 4.71. The van der Waals surface area contributed by atoms with Gasteiger partial charge in [0.1, 0.15) is 5.52 Å². The lowest BCUT2D eigenvalue weighted by atomic mass is 9.96. The Balaban J connectivity index is 1.34. The zero-order valence-corrected chi connectivity index (χ0v) is 16.2. The van der Waals surface area contributed by atoms with E-state index in [9.17, 15) is 4.79 Å². The van der Waals surface area contributed by atoms with Gasteiger partial charge < -0.3 is 14.2 Å². The fourth-order valence-electron chi connectivity index (χ4n) is 3.55. The van der Waals surface area contributed by atoms with Gasteiger partial charge in [0, 0.05) is 51.0 Å². The fourth-order valence-corrected chi connectivity index (χ4v) is 3.71. The number of benzene rings is 1. The lowest BCUT2D eigenvalue weighted by Gasteiger charge is -2.32. The summed E-state index contributed by atoms with van der Waals surface area (Å²) in [5.41, 5.74) is 2.15. The number of fused-ring (bicyclic) bond motifs is 1. The first-order valence-electron chi connectivity index (χ1n) is 9.05. The third-order valence-electron chi connectivity index (χ3n) is 5.05. The molecule has 27 heavy (non-hydrogen) atoms. The largest absolute Gasteiger partial charge is 0.423 e. The van der Waals surface area contributed by atoms with E-state index < -0.39 is 0 Å². The van der Waals surface area contributed by atoms with E-state index in [1.807, 2.05) is 26.2 Å². The van der Waals surface area contributed by atoms with Crippen LogP contribution in [0.1, 0.15) is 23.2 Å². The first kappa shape index (κ1) is 17.9. The van der Waals surface area contributed by atoms with Crippen LogP contribution < -0.4 is 4.90 Å². The highest BCUT2D eigenvalue weighted by Gasteiger charge is 2.25. The highest BCUT2D eigenvalue weighted by atomic mass is 35.5. The minimum absolute atomic E-state index is 0.0151. The minimum atomic E-state index is 0.0151. The summed E-state index contributed by atoms with van der Waals surface area (Å²) in [5.74, 6) is 0.479. The van der Waals surface area contributed by atoms with Crippen LogP contribution in [0.25, 0.3) is 11.1 Å². The molecule has 0 bridgehead atoms. The van der Waals surface area contributed by atoms with Crippen molar-refractivity contribution in [2.24, 2.45) is 13.0 Å². The van der Waals surface area contributed by atoms with Gasteiger partial charge in [0.15, 0.2) is 5.58 Å². The van der Waals surface area contributed by atoms with E-state index in [0.29, 0.717) is 28.1 Å². The van der Waals surface area contributed by atoms with Crippen molar-refractivity contribution in [2.45, 2.75) is 12.8 Å². The van der Waals surface area contributed by atoms with E-state index in [1.165, 1.54) is 0 Å². The molecule has 7 nitrogen and oxygen atoms in total. The summed E-state index contributed by atoms with van der Waals surface area (Å²) in [6, 6.07) is 6.12. The zero-order chi connectivity index (χ0) is 19.0. The predicted molar refractivity (Wildman–Crippen MR) is 104 cm³/mol. The van der Waals surface area contributed by atoms with Gasteiger partial charge in [-0.3, -0.25) is 9.48 Å². The molecular weight excluding hydrogens is 366 g/mol. The average Bonchev–Trinajstić information content (AvgIpc) is 3.27. The normalized spacial score (nSPS) is 15.4. The molecule has 0 radical (unpaired) electrons. The van der Waals surface area contributed by atoms with E-state index in [0.717, 1.165) is 38.0 Å². The molecule has 0 atom stereocenters. The van der Waals surface area contributed by atoms with Crippen LogP contribution in [0.3, 0.4) is 0 Å². The number of amides is 1. The molecule has 8 heteroatoms. The molecule has 4 rings (SSSR count). The molecule has 0 N–H and O–H groups in total. The molecule has 1 saturated heterocycles. The average molecular weight is 388 g/mol. The van der Waals surface area contributed by atoms with Gasteiger partial charge in [-0.15, -0.1) is 0 Å². The standard InChI is InChI=1S/C19H22ClN5O2/c1-23(18(26)14-10-21-24(2)12-14)11-13-5-7-25(8-6-13)19-22-16-4-3-15(20)9-17(16)27-19/h3-4,9-10,12-13H,5-8,11H2,1-2H3. The Labute approximate surface area is 162 Å². The molecule has 2 aromatic heterocycles. The van der Waals surface area contributed by atoms with E-state index in [1.54, 1.807) is 28.0 Å². The fraction of sp³-hybridized carbons (Fsp3) is 0.421. The minimum Gasteiger partial charge on any atom is -0.423 e. The van der Waals surface area contributed by atoms with Crippen molar-refractivity contribution in [2.75, 3.05) is 31.6 Å². The number of nitrogens with zero attached hydrogens (tertiary/aromatic N) is 5. The molecule has 0 aliphatic carbocycles. The van der Waals surface area contributed by atoms with Gasteiger partial charge in [-0.1, -0.05) is 11.6 Å². The summed E-state index contributed by atoms with van der Waals surface area (Å²) in [6.45, 7) is 2.46. The quantitative estimate of drug-likeness (QED) is 0.687. The van der Waals surface area contributed by atoms with Gasteiger partial charge in [0.25, 0.3) is 11.9 Å². The number of rotatable bonds is 4. The smallest absolute Gasteiger partial charge is 0.298 e. The van der Waals surface area contributed by atoms with Gasteiger partial charge >= 0.3 is 0 Å². The summed E-state index contributed by atoms with van der Waals surface area (Å²) in [4.78, 5) is 21.0. The van der Waals surface area contributed by atoms with Crippen LogP contribution in [-0.4, -0.2) is 52.3 Å². The molecule has 1 amide bonds. The molecule has 0 spiro atoms. The summed E-state index contributed by atoms with van der Waals surface area (Å²) in [7, 11) is 3.67. The number of hydrogen-bond donors (Lipinski definition) is 0. The van der Waals surface area contributed by atoms with Crippen molar-refractivity contribution in [3.8, 4) is 0 Å². The van der Waals surface area contributed by atoms with Crippen molar-refractivity contribution < 1.29 is 9.21 Å². The third kappa shape index (κ3) is 3.78. The summed E-state index contributed by atoms with van der Waals surface area (Å²) in [6.07, 6.45) is 5.34. The molecule has 1 aliphatic rings. The van der Waals surface area contributed by atoms with Crippen LogP contribution in [0.5, 0.6) is 0 Å². The molecule has 1 fully saturated rings. The maximum atomic E-state index is 12.5. The highest BCUT2D eigenvalue weighted by Crippen LogP contribution is 2.28. The lowest BCUT2D eigenvalue weighted by molar-refractivity contribution is 0.0764. The second-order valence-electron chi connectivity index (χ2n) is 7.13. The molecule has 1 aromatic carbocycles. The third-order valence-corrected chi connectivity index (χ3v) is 5.29. The Morgan fingerprint density at radius 3 is 2.85 bits per heavy atom. The number of oxazole rings is 1. The maximum Gasteiger partial charge on any atom is 0.298 e. The molecule has 142 valence electrons. The predicted octanol–water partition coefficient (Wildman–Crippen LogP) is 3.20. The number of halogens is 1. The van der Waals surface area contributed by atoms with Crippen LogP contribution >= 0.6 is 11.6 Å². The molecule has 3 heterocycles. The van der Waals surface area contributed by atoms with Crippen molar-refractivity contribution in [3.05, 3.63) is 41.2 Å². The topological polar surface area (TPSA) is 67.4 Å². The molecule has 3 aromatic rings. The maximum absolute atomic E-state index is 12.5. The van der Waals surface area contributed by atoms with Crippen LogP contribution in [-0.2, 0) is 7.05 Å². The Kier molecular flexibility index (Phi) is 4.78. The highest BCUT2D eigenvalue weighted by molar-refractivity contribution is 6.31. The van der Waals surface area contributed by atoms with Crippen LogP contribution in [0.2, 0.25) is 5.02 Å². The van der Waals surface area contributed by atoms with Gasteiger partial charge in [-0.25, -0.2) is 0 Å². The number of anilines is 1. The monoisotopic (exact) mass is 387 g/mol. The van der Waals surface area contributed by atoms with Gasteiger partial charge in [-0.05, 0) is 30.9 Å². The molecule has 0 unspecified atom stereocenters. The SMILES string of the molecule is CN(CC1CCN(c2nc3ccc(Cl)cc3o2)CC1)C(=O)c1cnn(C)c1. The second-order valence-corrected chi connectivity index (χ2v) is 7.56. The van der Waals surface area contributed by atoms with E-state index in [2.05, 4.69) is 15.0 Å². The Bertz CT molecular complexity index is 958. The number of carbonyl (C=O) groups excluding carboxylic acids is 1. The van der Waals surface area contributed by atoms with Gasteiger partial charge in [-0.2, -0.15) is 10.1 Å². The lowest BCUT2D eigenvalue weighted by Crippen LogP contribution is -2.39. The van der Waals surface area contributed by atoms with E-state index >= 15 is 0 Å². The van der Waals surface area contributed by atoms with Gasteiger partial charge in [0.05, 0.1) is 11.8 Å². The van der Waals surface area contributed by atoms with E-state index in [-0.39, 0.29) is 5.91 Å². The number of piperidine rings is 1. The van der Waals surface area contributed by atoms with Crippen LogP contribution in [0.15, 0.2) is 35.0 Å². The number of aromatic nitrogens is 3.